The molecule has 2 fully saturated rings. The van der Waals surface area contributed by atoms with Gasteiger partial charge in [0.05, 0.1) is 5.56 Å². The van der Waals surface area contributed by atoms with Crippen LogP contribution in [0.15, 0.2) is 18.2 Å². The van der Waals surface area contributed by atoms with Gasteiger partial charge in [-0.05, 0) is 50.9 Å². The second kappa shape index (κ2) is 5.85. The molecule has 0 spiro atoms. The number of anilines is 1. The molecule has 4 nitrogen and oxygen atoms in total. The quantitative estimate of drug-likeness (QED) is 0.898. The maximum absolute atomic E-state index is 11.4. The molecule has 1 aromatic rings. The van der Waals surface area contributed by atoms with Crippen LogP contribution < -0.4 is 5.32 Å². The Morgan fingerprint density at radius 1 is 1.33 bits per heavy atom. The predicted octanol–water partition coefficient (Wildman–Crippen LogP) is 3.47. The van der Waals surface area contributed by atoms with Crippen LogP contribution in [0.25, 0.3) is 0 Å². The fourth-order valence-electron chi connectivity index (χ4n) is 3.77. The molecule has 0 aliphatic carbocycles. The summed E-state index contributed by atoms with van der Waals surface area (Å²) in [4.78, 5) is 13.9. The first-order valence-electron chi connectivity index (χ1n) is 7.56. The summed E-state index contributed by atoms with van der Waals surface area (Å²) in [5.41, 5.74) is 0.936. The van der Waals surface area contributed by atoms with E-state index in [1.165, 1.54) is 25.3 Å². The Labute approximate surface area is 130 Å². The number of rotatable bonds is 3. The summed E-state index contributed by atoms with van der Waals surface area (Å²) in [5.74, 6) is -0.937. The van der Waals surface area contributed by atoms with Crippen molar-refractivity contribution in [3.63, 3.8) is 0 Å². The van der Waals surface area contributed by atoms with Crippen molar-refractivity contribution in [2.45, 2.75) is 50.2 Å². The zero-order chi connectivity index (χ0) is 15.0. The van der Waals surface area contributed by atoms with Crippen LogP contribution in [0, 0.1) is 0 Å². The van der Waals surface area contributed by atoms with Crippen molar-refractivity contribution < 1.29 is 9.90 Å². The zero-order valence-corrected chi connectivity index (χ0v) is 12.9. The molecule has 0 amide bonds. The molecule has 2 unspecified atom stereocenters. The summed E-state index contributed by atoms with van der Waals surface area (Å²) in [7, 11) is 2.22. The highest BCUT2D eigenvalue weighted by Gasteiger charge is 2.36. The number of hydrogen-bond acceptors (Lipinski definition) is 3. The number of carboxylic acids is 1. The first-order chi connectivity index (χ1) is 10.0. The zero-order valence-electron chi connectivity index (χ0n) is 12.2. The highest BCUT2D eigenvalue weighted by atomic mass is 35.5. The molecule has 1 aromatic carbocycles. The van der Waals surface area contributed by atoms with E-state index in [4.69, 9.17) is 11.6 Å². The van der Waals surface area contributed by atoms with Crippen molar-refractivity contribution in [1.82, 2.24) is 4.90 Å². The number of nitrogens with zero attached hydrogens (tertiary/aromatic N) is 1. The lowest BCUT2D eigenvalue weighted by molar-refractivity contribution is 0.0607. The van der Waals surface area contributed by atoms with Gasteiger partial charge in [0.1, 0.15) is 0 Å². The highest BCUT2D eigenvalue weighted by molar-refractivity contribution is 6.31. The average Bonchev–Trinajstić information content (AvgIpc) is 2.41. The number of halogens is 1. The maximum Gasteiger partial charge on any atom is 0.337 e. The topological polar surface area (TPSA) is 52.6 Å². The molecule has 2 atom stereocenters. The first-order valence-corrected chi connectivity index (χ1v) is 7.93. The fourth-order valence-corrected chi connectivity index (χ4v) is 3.94. The minimum Gasteiger partial charge on any atom is -0.478 e. The Balaban J connectivity index is 1.77. The molecule has 114 valence electrons. The average molecular weight is 309 g/mol. The molecule has 2 aliphatic rings. The number of fused-ring (bicyclic) bond motifs is 2. The second-order valence-electron chi connectivity index (χ2n) is 6.21. The molecular formula is C16H21ClN2O2. The highest BCUT2D eigenvalue weighted by Crippen LogP contribution is 2.34. The minimum absolute atomic E-state index is 0.256. The minimum atomic E-state index is -0.937. The van der Waals surface area contributed by atoms with E-state index in [0.29, 0.717) is 28.8 Å². The summed E-state index contributed by atoms with van der Waals surface area (Å²) in [5, 5.41) is 13.2. The van der Waals surface area contributed by atoms with Gasteiger partial charge >= 0.3 is 5.97 Å². The predicted molar refractivity (Wildman–Crippen MR) is 84.2 cm³/mol. The van der Waals surface area contributed by atoms with Gasteiger partial charge in [-0.15, -0.1) is 0 Å². The van der Waals surface area contributed by atoms with Gasteiger partial charge in [0, 0.05) is 28.8 Å². The first kappa shape index (κ1) is 14.7. The summed E-state index contributed by atoms with van der Waals surface area (Å²) in [6.45, 7) is 0. The number of hydrogen-bond donors (Lipinski definition) is 2. The van der Waals surface area contributed by atoms with Crippen molar-refractivity contribution in [2.24, 2.45) is 0 Å². The van der Waals surface area contributed by atoms with Crippen LogP contribution in [0.2, 0.25) is 5.02 Å². The van der Waals surface area contributed by atoms with Gasteiger partial charge < -0.3 is 15.3 Å². The summed E-state index contributed by atoms with van der Waals surface area (Å²) in [6, 6.07) is 6.62. The van der Waals surface area contributed by atoms with E-state index in [1.54, 1.807) is 12.1 Å². The fraction of sp³-hybridized carbons (Fsp3) is 0.562. The number of carbonyl (C=O) groups is 1. The van der Waals surface area contributed by atoms with E-state index in [2.05, 4.69) is 17.3 Å². The monoisotopic (exact) mass is 308 g/mol. The van der Waals surface area contributed by atoms with Crippen LogP contribution in [-0.2, 0) is 0 Å². The molecule has 2 aliphatic heterocycles. The van der Waals surface area contributed by atoms with Gasteiger partial charge in [0.15, 0.2) is 0 Å². The third-order valence-corrected chi connectivity index (χ3v) is 5.15. The van der Waals surface area contributed by atoms with Crippen LogP contribution in [0.5, 0.6) is 0 Å². The van der Waals surface area contributed by atoms with Gasteiger partial charge in [-0.3, -0.25) is 0 Å². The summed E-state index contributed by atoms with van der Waals surface area (Å²) < 4.78 is 0. The number of nitrogens with one attached hydrogen (secondary N) is 1. The Bertz CT molecular complexity index is 535. The molecule has 2 N–H and O–H groups in total. The van der Waals surface area contributed by atoms with E-state index < -0.39 is 5.97 Å². The number of benzene rings is 1. The largest absolute Gasteiger partial charge is 0.478 e. The van der Waals surface area contributed by atoms with E-state index in [-0.39, 0.29) is 5.56 Å². The van der Waals surface area contributed by atoms with Crippen molar-refractivity contribution in [3.8, 4) is 0 Å². The Hall–Kier alpha value is -1.26. The van der Waals surface area contributed by atoms with Crippen LogP contribution in [0.1, 0.15) is 42.5 Å². The van der Waals surface area contributed by atoms with Crippen LogP contribution >= 0.6 is 11.6 Å². The number of aromatic carboxylic acids is 1. The molecule has 2 bridgehead atoms. The van der Waals surface area contributed by atoms with Gasteiger partial charge in [0.2, 0.25) is 0 Å². The smallest absolute Gasteiger partial charge is 0.337 e. The molecule has 2 saturated heterocycles. The lowest BCUT2D eigenvalue weighted by Gasteiger charge is -2.47. The molecule has 3 rings (SSSR count). The Morgan fingerprint density at radius 2 is 2.00 bits per heavy atom. The van der Waals surface area contributed by atoms with E-state index >= 15 is 0 Å². The van der Waals surface area contributed by atoms with Crippen molar-refractivity contribution in [3.05, 3.63) is 28.8 Å². The van der Waals surface area contributed by atoms with Gasteiger partial charge in [-0.25, -0.2) is 4.79 Å². The standard InChI is InChI=1S/C16H21ClN2O2/c1-19-12-3-2-4-13(19)9-11(8-12)18-15-6-5-10(17)7-14(15)16(20)21/h5-7,11-13,18H,2-4,8-9H2,1H3,(H,20,21). The van der Waals surface area contributed by atoms with Crippen LogP contribution in [0.4, 0.5) is 5.69 Å². The lowest BCUT2D eigenvalue weighted by Crippen LogP contribution is -2.52. The SMILES string of the molecule is CN1C2CCCC1CC(Nc1ccc(Cl)cc1C(=O)O)C2. The lowest BCUT2D eigenvalue weighted by atomic mass is 9.82. The second-order valence-corrected chi connectivity index (χ2v) is 6.65. The molecular weight excluding hydrogens is 288 g/mol. The molecule has 0 saturated carbocycles. The van der Waals surface area contributed by atoms with Crippen molar-refractivity contribution >= 4 is 23.3 Å². The molecule has 2 heterocycles. The van der Waals surface area contributed by atoms with Crippen molar-refractivity contribution in [1.29, 1.82) is 0 Å². The number of piperidine rings is 2. The number of carboxylic acid groups (broad SMARTS) is 1. The Morgan fingerprint density at radius 3 is 2.62 bits per heavy atom. The van der Waals surface area contributed by atoms with E-state index in [1.807, 2.05) is 0 Å². The van der Waals surface area contributed by atoms with Crippen molar-refractivity contribution in [2.75, 3.05) is 12.4 Å². The summed E-state index contributed by atoms with van der Waals surface area (Å²) >= 11 is 5.90. The van der Waals surface area contributed by atoms with Crippen LogP contribution in [-0.4, -0.2) is 41.1 Å². The van der Waals surface area contributed by atoms with E-state index in [9.17, 15) is 9.90 Å². The molecule has 0 aromatic heterocycles. The van der Waals surface area contributed by atoms with Gasteiger partial charge in [0.25, 0.3) is 0 Å². The van der Waals surface area contributed by atoms with Crippen LogP contribution in [0.3, 0.4) is 0 Å². The Kier molecular flexibility index (Phi) is 4.09. The van der Waals surface area contributed by atoms with Gasteiger partial charge in [-0.1, -0.05) is 18.0 Å². The molecule has 21 heavy (non-hydrogen) atoms. The third-order valence-electron chi connectivity index (χ3n) is 4.91. The third kappa shape index (κ3) is 3.01. The summed E-state index contributed by atoms with van der Waals surface area (Å²) in [6.07, 6.45) is 5.96. The maximum atomic E-state index is 11.4. The van der Waals surface area contributed by atoms with E-state index in [0.717, 1.165) is 12.8 Å². The molecule has 5 heteroatoms. The molecule has 0 radical (unpaired) electrons. The normalized spacial score (nSPS) is 29.1. The van der Waals surface area contributed by atoms with Gasteiger partial charge in [-0.2, -0.15) is 0 Å².